The number of piperidine rings is 1. The molecule has 6 heteroatoms. The first-order valence-electron chi connectivity index (χ1n) is 10.4. The van der Waals surface area contributed by atoms with Crippen LogP contribution < -0.4 is 4.74 Å². The second-order valence-electron chi connectivity index (χ2n) is 7.15. The summed E-state index contributed by atoms with van der Waals surface area (Å²) in [6.07, 6.45) is 5.31. The van der Waals surface area contributed by atoms with Crippen LogP contribution in [0.4, 0.5) is 0 Å². The van der Waals surface area contributed by atoms with Gasteiger partial charge in [-0.15, -0.1) is 0 Å². The van der Waals surface area contributed by atoms with E-state index >= 15 is 0 Å². The molecule has 1 saturated heterocycles. The van der Waals surface area contributed by atoms with E-state index in [-0.39, 0.29) is 17.8 Å². The molecule has 0 saturated carbocycles. The minimum Gasteiger partial charge on any atom is -0.493 e. The lowest BCUT2D eigenvalue weighted by molar-refractivity contribution is -0.149. The van der Waals surface area contributed by atoms with Gasteiger partial charge in [-0.1, -0.05) is 18.2 Å². The van der Waals surface area contributed by atoms with Crippen molar-refractivity contribution in [1.29, 1.82) is 0 Å². The maximum Gasteiger partial charge on any atom is 0.309 e. The molecule has 0 N–H and O–H groups in total. The Labute approximate surface area is 172 Å². The van der Waals surface area contributed by atoms with E-state index in [1.165, 1.54) is 0 Å². The van der Waals surface area contributed by atoms with Crippen LogP contribution in [0.25, 0.3) is 10.9 Å². The number of amides is 1. The fourth-order valence-corrected chi connectivity index (χ4v) is 3.86. The largest absolute Gasteiger partial charge is 0.493 e. The first-order chi connectivity index (χ1) is 14.1. The number of aromatic nitrogens is 1. The SMILES string of the molecule is CC=CCn1c(C(=O)N2CCC(C(=O)OCC)CC2)cc2c(OCC)cccc21. The van der Waals surface area contributed by atoms with Gasteiger partial charge in [0.2, 0.25) is 0 Å². The molecule has 0 unspecified atom stereocenters. The zero-order chi connectivity index (χ0) is 20.8. The van der Waals surface area contributed by atoms with Crippen LogP contribution in [-0.4, -0.2) is 47.6 Å². The van der Waals surface area contributed by atoms with Crippen molar-refractivity contribution in [2.24, 2.45) is 5.92 Å². The quantitative estimate of drug-likeness (QED) is 0.522. The third-order valence-electron chi connectivity index (χ3n) is 5.35. The molecule has 3 rings (SSSR count). The normalized spacial score (nSPS) is 15.2. The number of hydrogen-bond donors (Lipinski definition) is 0. The number of hydrogen-bond acceptors (Lipinski definition) is 4. The molecular formula is C23H30N2O4. The summed E-state index contributed by atoms with van der Waals surface area (Å²) in [6, 6.07) is 7.85. The first-order valence-corrected chi connectivity index (χ1v) is 10.4. The van der Waals surface area contributed by atoms with E-state index in [2.05, 4.69) is 0 Å². The van der Waals surface area contributed by atoms with E-state index in [0.717, 1.165) is 16.7 Å². The molecule has 1 aliphatic rings. The Hall–Kier alpha value is -2.76. The van der Waals surface area contributed by atoms with Crippen LogP contribution in [-0.2, 0) is 16.1 Å². The van der Waals surface area contributed by atoms with Gasteiger partial charge in [0.05, 0.1) is 24.6 Å². The average molecular weight is 399 g/mol. The van der Waals surface area contributed by atoms with E-state index in [1.807, 2.05) is 66.7 Å². The number of allylic oxidation sites excluding steroid dienone is 2. The Morgan fingerprint density at radius 1 is 1.17 bits per heavy atom. The van der Waals surface area contributed by atoms with Crippen LogP contribution in [0.1, 0.15) is 44.1 Å². The molecule has 0 radical (unpaired) electrons. The number of benzene rings is 1. The Morgan fingerprint density at radius 3 is 2.59 bits per heavy atom. The second kappa shape index (κ2) is 9.63. The molecule has 0 bridgehead atoms. The average Bonchev–Trinajstić information content (AvgIpc) is 3.11. The molecule has 1 aliphatic heterocycles. The lowest BCUT2D eigenvalue weighted by Gasteiger charge is -2.31. The summed E-state index contributed by atoms with van der Waals surface area (Å²) in [4.78, 5) is 27.2. The van der Waals surface area contributed by atoms with Crippen molar-refractivity contribution >= 4 is 22.8 Å². The first kappa shape index (κ1) is 21.0. The minimum absolute atomic E-state index is 0.00420. The Bertz CT molecular complexity index is 892. The number of carbonyl (C=O) groups is 2. The number of carbonyl (C=O) groups excluding carboxylic acids is 2. The third-order valence-corrected chi connectivity index (χ3v) is 5.35. The molecular weight excluding hydrogens is 368 g/mol. The van der Waals surface area contributed by atoms with Crippen molar-refractivity contribution in [3.8, 4) is 5.75 Å². The number of esters is 1. The van der Waals surface area contributed by atoms with Crippen LogP contribution in [0, 0.1) is 5.92 Å². The summed E-state index contributed by atoms with van der Waals surface area (Å²) in [5.74, 6) is 0.523. The molecule has 2 aromatic rings. The third kappa shape index (κ3) is 4.47. The maximum absolute atomic E-state index is 13.3. The second-order valence-corrected chi connectivity index (χ2v) is 7.15. The summed E-state index contributed by atoms with van der Waals surface area (Å²) >= 11 is 0. The van der Waals surface area contributed by atoms with Crippen molar-refractivity contribution in [2.45, 2.75) is 40.2 Å². The molecule has 1 aromatic carbocycles. The van der Waals surface area contributed by atoms with Gasteiger partial charge in [0, 0.05) is 25.0 Å². The summed E-state index contributed by atoms with van der Waals surface area (Å²) < 4.78 is 12.9. The Morgan fingerprint density at radius 2 is 1.93 bits per heavy atom. The number of fused-ring (bicyclic) bond motifs is 1. The standard InChI is InChI=1S/C23H30N2O4/c1-4-7-13-25-19-9-8-10-21(28-5-2)18(19)16-20(25)22(26)24-14-11-17(12-15-24)23(27)29-6-3/h4,7-10,16-17H,5-6,11-15H2,1-3H3. The topological polar surface area (TPSA) is 60.8 Å². The Balaban J connectivity index is 1.87. The highest BCUT2D eigenvalue weighted by molar-refractivity contribution is 6.00. The van der Waals surface area contributed by atoms with Crippen molar-refractivity contribution in [3.05, 3.63) is 42.1 Å². The van der Waals surface area contributed by atoms with Crippen LogP contribution in [0.3, 0.4) is 0 Å². The summed E-state index contributed by atoms with van der Waals surface area (Å²) in [5, 5.41) is 0.948. The smallest absolute Gasteiger partial charge is 0.309 e. The number of ether oxygens (including phenoxy) is 2. The summed E-state index contributed by atoms with van der Waals surface area (Å²) in [7, 11) is 0. The van der Waals surface area contributed by atoms with Crippen molar-refractivity contribution in [3.63, 3.8) is 0 Å². The predicted molar refractivity (Wildman–Crippen MR) is 113 cm³/mol. The van der Waals surface area contributed by atoms with Crippen LogP contribution in [0.5, 0.6) is 5.75 Å². The van der Waals surface area contributed by atoms with Gasteiger partial charge in [-0.05, 0) is 51.8 Å². The van der Waals surface area contributed by atoms with E-state index in [4.69, 9.17) is 9.47 Å². The van der Waals surface area contributed by atoms with Crippen molar-refractivity contribution in [2.75, 3.05) is 26.3 Å². The van der Waals surface area contributed by atoms with E-state index in [9.17, 15) is 9.59 Å². The van der Waals surface area contributed by atoms with Gasteiger partial charge >= 0.3 is 5.97 Å². The zero-order valence-electron chi connectivity index (χ0n) is 17.5. The maximum atomic E-state index is 13.3. The predicted octanol–water partition coefficient (Wildman–Crippen LogP) is 4.03. The molecule has 1 fully saturated rings. The molecule has 1 aromatic heterocycles. The van der Waals surface area contributed by atoms with Crippen LogP contribution in [0.15, 0.2) is 36.4 Å². The monoisotopic (exact) mass is 398 g/mol. The number of rotatable bonds is 7. The van der Waals surface area contributed by atoms with Crippen molar-refractivity contribution in [1.82, 2.24) is 9.47 Å². The molecule has 2 heterocycles. The molecule has 6 nitrogen and oxygen atoms in total. The molecule has 0 aliphatic carbocycles. The Kier molecular flexibility index (Phi) is 6.96. The van der Waals surface area contributed by atoms with Gasteiger partial charge in [0.15, 0.2) is 0 Å². The van der Waals surface area contributed by atoms with Crippen LogP contribution >= 0.6 is 0 Å². The van der Waals surface area contributed by atoms with Crippen molar-refractivity contribution < 1.29 is 19.1 Å². The van der Waals surface area contributed by atoms with Gasteiger partial charge in [-0.25, -0.2) is 0 Å². The molecule has 1 amide bonds. The van der Waals surface area contributed by atoms with E-state index < -0.39 is 0 Å². The fourth-order valence-electron chi connectivity index (χ4n) is 3.86. The lowest BCUT2D eigenvalue weighted by atomic mass is 9.97. The highest BCUT2D eigenvalue weighted by atomic mass is 16.5. The van der Waals surface area contributed by atoms with Crippen LogP contribution in [0.2, 0.25) is 0 Å². The molecule has 156 valence electrons. The van der Waals surface area contributed by atoms with Gasteiger partial charge in [-0.2, -0.15) is 0 Å². The molecule has 0 spiro atoms. The highest BCUT2D eigenvalue weighted by Crippen LogP contribution is 2.30. The van der Waals surface area contributed by atoms with Gasteiger partial charge in [0.25, 0.3) is 5.91 Å². The van der Waals surface area contributed by atoms with E-state index in [1.54, 1.807) is 0 Å². The molecule has 0 atom stereocenters. The zero-order valence-corrected chi connectivity index (χ0v) is 17.5. The summed E-state index contributed by atoms with van der Waals surface area (Å²) in [5.41, 5.74) is 1.64. The fraction of sp³-hybridized carbons (Fsp3) is 0.478. The minimum atomic E-state index is -0.150. The van der Waals surface area contributed by atoms with Gasteiger partial charge in [0.1, 0.15) is 11.4 Å². The molecule has 29 heavy (non-hydrogen) atoms. The lowest BCUT2D eigenvalue weighted by Crippen LogP contribution is -2.41. The highest BCUT2D eigenvalue weighted by Gasteiger charge is 2.30. The number of likely N-dealkylation sites (tertiary alicyclic amines) is 1. The van der Waals surface area contributed by atoms with Gasteiger partial charge in [-0.3, -0.25) is 9.59 Å². The summed E-state index contributed by atoms with van der Waals surface area (Å²) in [6.45, 7) is 8.45. The number of nitrogens with zero attached hydrogens (tertiary/aromatic N) is 2. The van der Waals surface area contributed by atoms with E-state index in [0.29, 0.717) is 51.4 Å². The van der Waals surface area contributed by atoms with Gasteiger partial charge < -0.3 is 18.9 Å².